The normalized spacial score (nSPS) is 12.7. The van der Waals surface area contributed by atoms with Crippen LogP contribution in [0, 0.1) is 0 Å². The van der Waals surface area contributed by atoms with Gasteiger partial charge in [-0.15, -0.1) is 0 Å². The first-order chi connectivity index (χ1) is 7.70. The van der Waals surface area contributed by atoms with E-state index in [0.29, 0.717) is 11.0 Å². The van der Waals surface area contributed by atoms with Crippen LogP contribution in [0.2, 0.25) is 0 Å². The van der Waals surface area contributed by atoms with Crippen molar-refractivity contribution in [2.24, 2.45) is 0 Å². The van der Waals surface area contributed by atoms with Crippen LogP contribution in [0.5, 0.6) is 0 Å². The Morgan fingerprint density at radius 2 is 1.75 bits per heavy atom. The van der Waals surface area contributed by atoms with Crippen LogP contribution in [-0.4, -0.2) is 28.3 Å². The van der Waals surface area contributed by atoms with Gasteiger partial charge >= 0.3 is 0 Å². The molecule has 0 saturated heterocycles. The Bertz CT molecular complexity index is 171. The molecule has 16 heavy (non-hydrogen) atoms. The highest BCUT2D eigenvalue weighted by Crippen LogP contribution is 2.22. The molecule has 0 heterocycles. The van der Waals surface area contributed by atoms with Gasteiger partial charge in [0.15, 0.2) is 0 Å². The average Bonchev–Trinajstić information content (AvgIpc) is 2.23. The number of unbranched alkanes of at least 4 members (excludes halogenated alkanes) is 2. The first kappa shape index (κ1) is 16.4. The molecule has 0 aromatic heterocycles. The van der Waals surface area contributed by atoms with Gasteiger partial charge in [0, 0.05) is 17.4 Å². The van der Waals surface area contributed by atoms with Crippen LogP contribution >= 0.6 is 23.5 Å². The molecule has 0 aromatic carbocycles. The highest BCUT2D eigenvalue weighted by Gasteiger charge is 2.11. The Kier molecular flexibility index (Phi) is 12.1. The summed E-state index contributed by atoms with van der Waals surface area (Å²) in [5, 5.41) is 0.547. The Labute approximate surface area is 110 Å². The zero-order valence-electron chi connectivity index (χ0n) is 11.0. The van der Waals surface area contributed by atoms with Crippen LogP contribution in [0.15, 0.2) is 0 Å². The highest BCUT2D eigenvalue weighted by molar-refractivity contribution is 8.03. The van der Waals surface area contributed by atoms with Crippen molar-refractivity contribution in [1.29, 1.82) is 0 Å². The van der Waals surface area contributed by atoms with E-state index in [0.717, 1.165) is 12.2 Å². The lowest BCUT2D eigenvalue weighted by atomic mass is 10.2. The van der Waals surface area contributed by atoms with E-state index in [1.165, 1.54) is 37.2 Å². The van der Waals surface area contributed by atoms with Gasteiger partial charge in [-0.05, 0) is 31.3 Å². The van der Waals surface area contributed by atoms with Crippen molar-refractivity contribution in [2.45, 2.75) is 58.1 Å². The van der Waals surface area contributed by atoms with E-state index in [1.54, 1.807) is 6.92 Å². The van der Waals surface area contributed by atoms with Crippen LogP contribution in [-0.2, 0) is 4.79 Å². The van der Waals surface area contributed by atoms with Gasteiger partial charge in [0.05, 0.1) is 0 Å². The van der Waals surface area contributed by atoms with Crippen molar-refractivity contribution in [3.8, 4) is 0 Å². The largest absolute Gasteiger partial charge is 0.300 e. The van der Waals surface area contributed by atoms with Crippen LogP contribution < -0.4 is 0 Å². The number of Topliss-reactive ketones (excluding diaryl/α,β-unsaturated/α-hetero) is 1. The molecule has 0 aliphatic carbocycles. The van der Waals surface area contributed by atoms with Gasteiger partial charge in [-0.2, -0.15) is 23.5 Å². The topological polar surface area (TPSA) is 17.1 Å². The minimum absolute atomic E-state index is 0.338. The second kappa shape index (κ2) is 11.8. The molecule has 0 aliphatic rings. The smallest absolute Gasteiger partial charge is 0.130 e. The molecule has 0 amide bonds. The lowest BCUT2D eigenvalue weighted by Gasteiger charge is -2.14. The molecule has 0 N–H and O–H groups in total. The fourth-order valence-corrected chi connectivity index (χ4v) is 4.20. The minimum Gasteiger partial charge on any atom is -0.300 e. The fraction of sp³-hybridized carbons (Fsp3) is 0.923. The molecule has 0 bridgehead atoms. The van der Waals surface area contributed by atoms with Gasteiger partial charge in [-0.1, -0.05) is 26.7 Å². The molecule has 1 atom stereocenters. The maximum Gasteiger partial charge on any atom is 0.130 e. The van der Waals surface area contributed by atoms with Gasteiger partial charge in [0.2, 0.25) is 0 Å². The van der Waals surface area contributed by atoms with Crippen molar-refractivity contribution in [3.63, 3.8) is 0 Å². The second-order valence-electron chi connectivity index (χ2n) is 4.18. The standard InChI is InChI=1S/C13H26OS2/c1-4-6-8-15-11-13(10-12(3)14)16-9-7-5-2/h13H,4-11H2,1-3H3. The summed E-state index contributed by atoms with van der Waals surface area (Å²) in [5.74, 6) is 3.95. The zero-order chi connectivity index (χ0) is 12.2. The SMILES string of the molecule is CCCCSCC(CC(C)=O)SCCCC. The molecular formula is C13H26OS2. The Hall–Kier alpha value is 0.370. The molecule has 1 unspecified atom stereocenters. The van der Waals surface area contributed by atoms with E-state index < -0.39 is 0 Å². The molecule has 0 radical (unpaired) electrons. The van der Waals surface area contributed by atoms with Crippen molar-refractivity contribution in [1.82, 2.24) is 0 Å². The summed E-state index contributed by atoms with van der Waals surface area (Å²) >= 11 is 4.00. The Morgan fingerprint density at radius 3 is 2.31 bits per heavy atom. The summed E-state index contributed by atoms with van der Waals surface area (Å²) in [6.45, 7) is 6.16. The molecule has 0 rings (SSSR count). The number of thioether (sulfide) groups is 2. The van der Waals surface area contributed by atoms with E-state index in [2.05, 4.69) is 13.8 Å². The number of carbonyl (C=O) groups excluding carboxylic acids is 1. The summed E-state index contributed by atoms with van der Waals surface area (Å²) < 4.78 is 0. The van der Waals surface area contributed by atoms with E-state index >= 15 is 0 Å². The Morgan fingerprint density at radius 1 is 1.12 bits per heavy atom. The zero-order valence-corrected chi connectivity index (χ0v) is 12.6. The summed E-state index contributed by atoms with van der Waals surface area (Å²) in [6, 6.07) is 0. The third-order valence-electron chi connectivity index (χ3n) is 2.31. The lowest BCUT2D eigenvalue weighted by Crippen LogP contribution is -2.12. The molecule has 0 fully saturated rings. The molecular weight excluding hydrogens is 236 g/mol. The minimum atomic E-state index is 0.338. The van der Waals surface area contributed by atoms with E-state index in [4.69, 9.17) is 0 Å². The highest BCUT2D eigenvalue weighted by atomic mass is 32.2. The van der Waals surface area contributed by atoms with Gasteiger partial charge in [-0.25, -0.2) is 0 Å². The molecule has 0 aliphatic heterocycles. The van der Waals surface area contributed by atoms with E-state index in [-0.39, 0.29) is 0 Å². The fourth-order valence-electron chi connectivity index (χ4n) is 1.34. The maximum absolute atomic E-state index is 11.2. The van der Waals surface area contributed by atoms with Crippen molar-refractivity contribution < 1.29 is 4.79 Å². The van der Waals surface area contributed by atoms with Crippen molar-refractivity contribution in [2.75, 3.05) is 17.3 Å². The number of hydrogen-bond acceptors (Lipinski definition) is 3. The first-order valence-electron chi connectivity index (χ1n) is 6.39. The average molecular weight is 262 g/mol. The molecule has 0 spiro atoms. The summed E-state index contributed by atoms with van der Waals surface area (Å²) in [4.78, 5) is 11.2. The molecule has 0 aromatic rings. The predicted molar refractivity (Wildman–Crippen MR) is 78.7 cm³/mol. The molecule has 3 heteroatoms. The first-order valence-corrected chi connectivity index (χ1v) is 8.59. The van der Waals surface area contributed by atoms with Gasteiger partial charge in [0.25, 0.3) is 0 Å². The molecule has 0 saturated carbocycles. The van der Waals surface area contributed by atoms with Crippen molar-refractivity contribution >= 4 is 29.3 Å². The quantitative estimate of drug-likeness (QED) is 0.514. The number of hydrogen-bond donors (Lipinski definition) is 0. The third-order valence-corrected chi connectivity index (χ3v) is 5.07. The summed E-state index contributed by atoms with van der Waals surface area (Å²) in [7, 11) is 0. The van der Waals surface area contributed by atoms with Crippen LogP contribution in [0.1, 0.15) is 52.9 Å². The van der Waals surface area contributed by atoms with Gasteiger partial charge in [0.1, 0.15) is 5.78 Å². The lowest BCUT2D eigenvalue weighted by molar-refractivity contribution is -0.116. The maximum atomic E-state index is 11.2. The van der Waals surface area contributed by atoms with Crippen molar-refractivity contribution in [3.05, 3.63) is 0 Å². The molecule has 96 valence electrons. The number of carbonyl (C=O) groups is 1. The monoisotopic (exact) mass is 262 g/mol. The van der Waals surface area contributed by atoms with Crippen LogP contribution in [0.4, 0.5) is 0 Å². The second-order valence-corrected chi connectivity index (χ2v) is 6.74. The number of rotatable bonds is 11. The van der Waals surface area contributed by atoms with E-state index in [1.807, 2.05) is 23.5 Å². The van der Waals surface area contributed by atoms with Crippen LogP contribution in [0.25, 0.3) is 0 Å². The van der Waals surface area contributed by atoms with Crippen LogP contribution in [0.3, 0.4) is 0 Å². The Balaban J connectivity index is 3.67. The summed E-state index contributed by atoms with van der Waals surface area (Å²) in [6.07, 6.45) is 5.86. The molecule has 1 nitrogen and oxygen atoms in total. The predicted octanol–water partition coefficient (Wildman–Crippen LogP) is 4.40. The van der Waals surface area contributed by atoms with E-state index in [9.17, 15) is 4.79 Å². The van der Waals surface area contributed by atoms with Gasteiger partial charge < -0.3 is 0 Å². The number of ketones is 1. The summed E-state index contributed by atoms with van der Waals surface area (Å²) in [5.41, 5.74) is 0. The van der Waals surface area contributed by atoms with Gasteiger partial charge in [-0.3, -0.25) is 4.79 Å². The third kappa shape index (κ3) is 10.9.